The lowest BCUT2D eigenvalue weighted by atomic mass is 9.87. The van der Waals surface area contributed by atoms with Gasteiger partial charge in [0.15, 0.2) is 0 Å². The average Bonchev–Trinajstić information content (AvgIpc) is 2.62. The van der Waals surface area contributed by atoms with Crippen molar-refractivity contribution in [3.63, 3.8) is 0 Å². The smallest absolute Gasteiger partial charge is 0.0568 e. The van der Waals surface area contributed by atoms with Gasteiger partial charge in [-0.2, -0.15) is 0 Å². The van der Waals surface area contributed by atoms with Gasteiger partial charge in [-0.1, -0.05) is 124 Å². The molecule has 1 atom stereocenters. The first kappa shape index (κ1) is 25.0. The summed E-state index contributed by atoms with van der Waals surface area (Å²) in [7, 11) is 0. The van der Waals surface area contributed by atoms with E-state index in [1.165, 1.54) is 116 Å². The van der Waals surface area contributed by atoms with Crippen LogP contribution in [0.4, 0.5) is 0 Å². The van der Waals surface area contributed by atoms with Crippen LogP contribution < -0.4 is 0 Å². The number of rotatable bonds is 20. The van der Waals surface area contributed by atoms with E-state index in [0.29, 0.717) is 5.92 Å². The van der Waals surface area contributed by atoms with Crippen molar-refractivity contribution in [2.75, 3.05) is 0 Å². The van der Waals surface area contributed by atoms with E-state index in [0.717, 1.165) is 6.42 Å². The second-order valence-corrected chi connectivity index (χ2v) is 8.29. The first-order valence-electron chi connectivity index (χ1n) is 11.9. The molecular weight excluding hydrogens is 304 g/mol. The third-order valence-electron chi connectivity index (χ3n) is 5.75. The van der Waals surface area contributed by atoms with Gasteiger partial charge in [-0.3, -0.25) is 0 Å². The molecule has 0 aromatic heterocycles. The van der Waals surface area contributed by atoms with E-state index in [2.05, 4.69) is 20.8 Å². The minimum atomic E-state index is -0.0388. The Labute approximate surface area is 160 Å². The summed E-state index contributed by atoms with van der Waals surface area (Å²) in [6.45, 7) is 6.83. The maximum absolute atomic E-state index is 10.7. The molecule has 1 unspecified atom stereocenters. The van der Waals surface area contributed by atoms with Gasteiger partial charge in [-0.15, -0.1) is 0 Å². The van der Waals surface area contributed by atoms with Crippen molar-refractivity contribution in [1.29, 1.82) is 0 Å². The van der Waals surface area contributed by atoms with E-state index in [-0.39, 0.29) is 6.10 Å². The molecule has 0 aliphatic carbocycles. The number of hydrogen-bond acceptors (Lipinski definition) is 1. The molecule has 152 valence electrons. The SMILES string of the molecule is CCCCCCCCC(CCCCCCCC)C(O)CCCCCC. The Kier molecular flexibility index (Phi) is 20.2. The fourth-order valence-corrected chi connectivity index (χ4v) is 3.92. The summed E-state index contributed by atoms with van der Waals surface area (Å²) in [6, 6.07) is 0. The predicted octanol–water partition coefficient (Wildman–Crippen LogP) is 8.44. The minimum Gasteiger partial charge on any atom is -0.393 e. The van der Waals surface area contributed by atoms with Crippen molar-refractivity contribution in [3.8, 4) is 0 Å². The monoisotopic (exact) mass is 354 g/mol. The molecular formula is C24H50O. The number of unbranched alkanes of at least 4 members (excludes halogenated alkanes) is 13. The summed E-state index contributed by atoms with van der Waals surface area (Å²) in [5.74, 6) is 0.568. The van der Waals surface area contributed by atoms with E-state index < -0.39 is 0 Å². The van der Waals surface area contributed by atoms with E-state index >= 15 is 0 Å². The third-order valence-corrected chi connectivity index (χ3v) is 5.75. The standard InChI is InChI=1S/C24H50O/c1-4-7-10-13-15-17-20-23(21-18-16-14-11-8-5-2)24(25)22-19-12-9-6-3/h23-25H,4-22H2,1-3H3. The topological polar surface area (TPSA) is 20.2 Å². The van der Waals surface area contributed by atoms with Crippen LogP contribution in [0.15, 0.2) is 0 Å². The second-order valence-electron chi connectivity index (χ2n) is 8.29. The highest BCUT2D eigenvalue weighted by Gasteiger charge is 2.18. The highest BCUT2D eigenvalue weighted by atomic mass is 16.3. The van der Waals surface area contributed by atoms with Crippen molar-refractivity contribution in [1.82, 2.24) is 0 Å². The van der Waals surface area contributed by atoms with Crippen molar-refractivity contribution in [2.45, 2.75) is 149 Å². The zero-order chi connectivity index (χ0) is 18.6. The van der Waals surface area contributed by atoms with Crippen LogP contribution in [0.2, 0.25) is 0 Å². The zero-order valence-corrected chi connectivity index (χ0v) is 18.0. The summed E-state index contributed by atoms with van der Waals surface area (Å²) in [6.07, 6.45) is 25.1. The first-order chi connectivity index (χ1) is 12.3. The van der Waals surface area contributed by atoms with Crippen LogP contribution in [-0.4, -0.2) is 11.2 Å². The zero-order valence-electron chi connectivity index (χ0n) is 18.0. The molecule has 0 heterocycles. The van der Waals surface area contributed by atoms with Crippen LogP contribution >= 0.6 is 0 Å². The van der Waals surface area contributed by atoms with Crippen LogP contribution in [-0.2, 0) is 0 Å². The Morgan fingerprint density at radius 3 is 1.20 bits per heavy atom. The molecule has 0 amide bonds. The molecule has 25 heavy (non-hydrogen) atoms. The number of aliphatic hydroxyl groups excluding tert-OH is 1. The summed E-state index contributed by atoms with van der Waals surface area (Å²) in [4.78, 5) is 0. The lowest BCUT2D eigenvalue weighted by Gasteiger charge is -2.23. The predicted molar refractivity (Wildman–Crippen MR) is 114 cm³/mol. The Hall–Kier alpha value is -0.0400. The summed E-state index contributed by atoms with van der Waals surface area (Å²) in [5, 5.41) is 10.7. The Bertz CT molecular complexity index is 222. The van der Waals surface area contributed by atoms with Crippen molar-refractivity contribution >= 4 is 0 Å². The highest BCUT2D eigenvalue weighted by molar-refractivity contribution is 4.70. The molecule has 1 N–H and O–H groups in total. The molecule has 0 radical (unpaired) electrons. The molecule has 0 aromatic rings. The molecule has 0 saturated carbocycles. The lowest BCUT2D eigenvalue weighted by Crippen LogP contribution is -2.20. The fraction of sp³-hybridized carbons (Fsp3) is 1.00. The minimum absolute atomic E-state index is 0.0388. The Morgan fingerprint density at radius 2 is 0.760 bits per heavy atom. The van der Waals surface area contributed by atoms with Crippen LogP contribution in [0.3, 0.4) is 0 Å². The van der Waals surface area contributed by atoms with Gasteiger partial charge in [0.1, 0.15) is 0 Å². The van der Waals surface area contributed by atoms with Gasteiger partial charge in [0, 0.05) is 0 Å². The van der Waals surface area contributed by atoms with Gasteiger partial charge in [0.05, 0.1) is 6.10 Å². The fourth-order valence-electron chi connectivity index (χ4n) is 3.92. The van der Waals surface area contributed by atoms with E-state index in [1.54, 1.807) is 0 Å². The molecule has 0 aromatic carbocycles. The molecule has 0 saturated heterocycles. The van der Waals surface area contributed by atoms with Gasteiger partial charge in [-0.05, 0) is 25.2 Å². The highest BCUT2D eigenvalue weighted by Crippen LogP contribution is 2.25. The summed E-state index contributed by atoms with van der Waals surface area (Å²) in [5.41, 5.74) is 0. The van der Waals surface area contributed by atoms with Crippen LogP contribution in [0.5, 0.6) is 0 Å². The Morgan fingerprint density at radius 1 is 0.440 bits per heavy atom. The average molecular weight is 355 g/mol. The van der Waals surface area contributed by atoms with Gasteiger partial charge in [-0.25, -0.2) is 0 Å². The molecule has 1 nitrogen and oxygen atoms in total. The third kappa shape index (κ3) is 17.1. The van der Waals surface area contributed by atoms with Crippen molar-refractivity contribution < 1.29 is 5.11 Å². The molecule has 0 bridgehead atoms. The van der Waals surface area contributed by atoms with Crippen LogP contribution in [0, 0.1) is 5.92 Å². The normalized spacial score (nSPS) is 12.8. The molecule has 0 spiro atoms. The quantitative estimate of drug-likeness (QED) is 0.217. The van der Waals surface area contributed by atoms with Gasteiger partial charge >= 0.3 is 0 Å². The van der Waals surface area contributed by atoms with Crippen LogP contribution in [0.25, 0.3) is 0 Å². The molecule has 0 aliphatic heterocycles. The van der Waals surface area contributed by atoms with Crippen LogP contribution in [0.1, 0.15) is 143 Å². The molecule has 0 aliphatic rings. The molecule has 1 heteroatoms. The van der Waals surface area contributed by atoms with Crippen molar-refractivity contribution in [2.24, 2.45) is 5.92 Å². The van der Waals surface area contributed by atoms with Crippen molar-refractivity contribution in [3.05, 3.63) is 0 Å². The largest absolute Gasteiger partial charge is 0.393 e. The number of aliphatic hydroxyl groups is 1. The van der Waals surface area contributed by atoms with E-state index in [4.69, 9.17) is 0 Å². The maximum atomic E-state index is 10.7. The Balaban J connectivity index is 3.98. The van der Waals surface area contributed by atoms with E-state index in [9.17, 15) is 5.11 Å². The summed E-state index contributed by atoms with van der Waals surface area (Å²) >= 11 is 0. The van der Waals surface area contributed by atoms with Gasteiger partial charge in [0.25, 0.3) is 0 Å². The maximum Gasteiger partial charge on any atom is 0.0568 e. The summed E-state index contributed by atoms with van der Waals surface area (Å²) < 4.78 is 0. The number of hydrogen-bond donors (Lipinski definition) is 1. The molecule has 0 fully saturated rings. The second kappa shape index (κ2) is 20.3. The molecule has 0 rings (SSSR count). The van der Waals surface area contributed by atoms with E-state index in [1.807, 2.05) is 0 Å². The first-order valence-corrected chi connectivity index (χ1v) is 11.9. The lowest BCUT2D eigenvalue weighted by molar-refractivity contribution is 0.0830. The van der Waals surface area contributed by atoms with Gasteiger partial charge < -0.3 is 5.11 Å². The van der Waals surface area contributed by atoms with Gasteiger partial charge in [0.2, 0.25) is 0 Å².